The van der Waals surface area contributed by atoms with Gasteiger partial charge in [0.15, 0.2) is 0 Å². The molecule has 1 aliphatic heterocycles. The van der Waals surface area contributed by atoms with Crippen LogP contribution in [0, 0.1) is 5.92 Å². The molecule has 0 amide bonds. The number of nitrogens with one attached hydrogen (secondary N) is 1. The van der Waals surface area contributed by atoms with Crippen LogP contribution < -0.4 is 5.32 Å². The molecule has 3 heteroatoms. The molecule has 1 heterocycles. The molecule has 0 saturated carbocycles. The first-order valence-corrected chi connectivity index (χ1v) is 8.32. The van der Waals surface area contributed by atoms with Crippen LogP contribution >= 0.6 is 0 Å². The van der Waals surface area contributed by atoms with Gasteiger partial charge in [-0.2, -0.15) is 0 Å². The standard InChI is InChI=1S/C18H30N2O/c1-3-12-20(13-16-8-10-19-11-9-16)14-17-6-4-5-7-18(17)15-21-2/h4-7,16,19H,3,8-15H2,1-2H3. The summed E-state index contributed by atoms with van der Waals surface area (Å²) < 4.78 is 5.33. The van der Waals surface area contributed by atoms with Gasteiger partial charge in [-0.05, 0) is 55.9 Å². The molecule has 0 radical (unpaired) electrons. The number of benzene rings is 1. The number of hydrogen-bond acceptors (Lipinski definition) is 3. The van der Waals surface area contributed by atoms with E-state index >= 15 is 0 Å². The first kappa shape index (κ1) is 16.5. The lowest BCUT2D eigenvalue weighted by Crippen LogP contribution is -2.36. The highest BCUT2D eigenvalue weighted by Gasteiger charge is 2.17. The van der Waals surface area contributed by atoms with Crippen LogP contribution in [0.15, 0.2) is 24.3 Å². The number of ether oxygens (including phenoxy) is 1. The fraction of sp³-hybridized carbons (Fsp3) is 0.667. The van der Waals surface area contributed by atoms with Gasteiger partial charge in [-0.25, -0.2) is 0 Å². The summed E-state index contributed by atoms with van der Waals surface area (Å²) in [5, 5.41) is 3.46. The minimum absolute atomic E-state index is 0.712. The average Bonchev–Trinajstić information content (AvgIpc) is 2.51. The Balaban J connectivity index is 1.97. The predicted molar refractivity (Wildman–Crippen MR) is 88.3 cm³/mol. The van der Waals surface area contributed by atoms with Gasteiger partial charge in [0.2, 0.25) is 0 Å². The highest BCUT2D eigenvalue weighted by Crippen LogP contribution is 2.18. The fourth-order valence-electron chi connectivity index (χ4n) is 3.23. The second kappa shape index (κ2) is 9.19. The molecule has 1 N–H and O–H groups in total. The summed E-state index contributed by atoms with van der Waals surface area (Å²) in [7, 11) is 1.77. The third-order valence-corrected chi connectivity index (χ3v) is 4.33. The Morgan fingerprint density at radius 2 is 1.90 bits per heavy atom. The van der Waals surface area contributed by atoms with Crippen molar-refractivity contribution in [2.45, 2.75) is 39.3 Å². The van der Waals surface area contributed by atoms with Gasteiger partial charge in [0.1, 0.15) is 0 Å². The van der Waals surface area contributed by atoms with Crippen LogP contribution in [0.25, 0.3) is 0 Å². The van der Waals surface area contributed by atoms with Gasteiger partial charge in [0, 0.05) is 20.2 Å². The number of piperidine rings is 1. The van der Waals surface area contributed by atoms with Gasteiger partial charge in [-0.15, -0.1) is 0 Å². The lowest BCUT2D eigenvalue weighted by molar-refractivity contribution is 0.177. The molecular weight excluding hydrogens is 260 g/mol. The molecule has 0 aliphatic carbocycles. The Hall–Kier alpha value is -0.900. The van der Waals surface area contributed by atoms with E-state index in [0.29, 0.717) is 6.61 Å². The van der Waals surface area contributed by atoms with Crippen LogP contribution in [0.4, 0.5) is 0 Å². The molecule has 0 unspecified atom stereocenters. The van der Waals surface area contributed by atoms with Crippen molar-refractivity contribution >= 4 is 0 Å². The van der Waals surface area contributed by atoms with Crippen molar-refractivity contribution in [2.75, 3.05) is 33.3 Å². The van der Waals surface area contributed by atoms with E-state index in [2.05, 4.69) is 41.4 Å². The molecule has 0 bridgehead atoms. The van der Waals surface area contributed by atoms with E-state index < -0.39 is 0 Å². The van der Waals surface area contributed by atoms with Gasteiger partial charge >= 0.3 is 0 Å². The first-order chi connectivity index (χ1) is 10.3. The van der Waals surface area contributed by atoms with Crippen LogP contribution in [-0.2, 0) is 17.9 Å². The Morgan fingerprint density at radius 3 is 2.57 bits per heavy atom. The molecule has 3 nitrogen and oxygen atoms in total. The topological polar surface area (TPSA) is 24.5 Å². The van der Waals surface area contributed by atoms with E-state index in [9.17, 15) is 0 Å². The van der Waals surface area contributed by atoms with Gasteiger partial charge < -0.3 is 10.1 Å². The smallest absolute Gasteiger partial charge is 0.0716 e. The molecule has 21 heavy (non-hydrogen) atoms. The number of methoxy groups -OCH3 is 1. The van der Waals surface area contributed by atoms with E-state index in [0.717, 1.165) is 12.5 Å². The second-order valence-corrected chi connectivity index (χ2v) is 6.13. The van der Waals surface area contributed by atoms with Gasteiger partial charge in [-0.1, -0.05) is 31.2 Å². The van der Waals surface area contributed by atoms with Crippen LogP contribution in [0.3, 0.4) is 0 Å². The van der Waals surface area contributed by atoms with Crippen molar-refractivity contribution in [1.82, 2.24) is 10.2 Å². The molecule has 2 rings (SSSR count). The van der Waals surface area contributed by atoms with E-state index in [1.807, 2.05) is 0 Å². The fourth-order valence-corrected chi connectivity index (χ4v) is 3.23. The Bertz CT molecular complexity index is 402. The highest BCUT2D eigenvalue weighted by molar-refractivity contribution is 5.26. The number of hydrogen-bond donors (Lipinski definition) is 1. The summed E-state index contributed by atoms with van der Waals surface area (Å²) in [6.45, 7) is 8.83. The molecule has 0 aromatic heterocycles. The van der Waals surface area contributed by atoms with Crippen molar-refractivity contribution in [3.8, 4) is 0 Å². The summed E-state index contributed by atoms with van der Waals surface area (Å²) in [4.78, 5) is 2.63. The zero-order valence-corrected chi connectivity index (χ0v) is 13.6. The van der Waals surface area contributed by atoms with Crippen LogP contribution in [0.1, 0.15) is 37.3 Å². The summed E-state index contributed by atoms with van der Waals surface area (Å²) >= 11 is 0. The molecule has 1 aromatic carbocycles. The Morgan fingerprint density at radius 1 is 1.19 bits per heavy atom. The van der Waals surface area contributed by atoms with Crippen molar-refractivity contribution in [1.29, 1.82) is 0 Å². The maximum atomic E-state index is 5.33. The summed E-state index contributed by atoms with van der Waals surface area (Å²) in [5.74, 6) is 0.854. The maximum absolute atomic E-state index is 5.33. The minimum atomic E-state index is 0.712. The molecule has 0 spiro atoms. The third-order valence-electron chi connectivity index (χ3n) is 4.33. The molecule has 118 valence electrons. The Kier molecular flexibility index (Phi) is 7.20. The zero-order chi connectivity index (χ0) is 14.9. The van der Waals surface area contributed by atoms with Crippen molar-refractivity contribution in [2.24, 2.45) is 5.92 Å². The highest BCUT2D eigenvalue weighted by atomic mass is 16.5. The van der Waals surface area contributed by atoms with Gasteiger partial charge in [0.25, 0.3) is 0 Å². The van der Waals surface area contributed by atoms with Crippen molar-refractivity contribution in [3.05, 3.63) is 35.4 Å². The Labute approximate surface area is 129 Å². The average molecular weight is 290 g/mol. The third kappa shape index (κ3) is 5.42. The summed E-state index contributed by atoms with van der Waals surface area (Å²) in [6.07, 6.45) is 3.86. The quantitative estimate of drug-likeness (QED) is 0.796. The number of rotatable bonds is 8. The van der Waals surface area contributed by atoms with E-state index in [-0.39, 0.29) is 0 Å². The van der Waals surface area contributed by atoms with E-state index in [1.54, 1.807) is 7.11 Å². The van der Waals surface area contributed by atoms with Gasteiger partial charge in [-0.3, -0.25) is 4.90 Å². The molecule has 1 aromatic rings. The summed E-state index contributed by atoms with van der Waals surface area (Å²) in [6, 6.07) is 8.69. The molecular formula is C18H30N2O. The number of nitrogens with zero attached hydrogens (tertiary/aromatic N) is 1. The van der Waals surface area contributed by atoms with Crippen LogP contribution in [0.5, 0.6) is 0 Å². The van der Waals surface area contributed by atoms with E-state index in [4.69, 9.17) is 4.74 Å². The normalized spacial score (nSPS) is 16.5. The molecule has 0 atom stereocenters. The molecule has 1 fully saturated rings. The minimum Gasteiger partial charge on any atom is -0.380 e. The lowest BCUT2D eigenvalue weighted by atomic mass is 9.97. The second-order valence-electron chi connectivity index (χ2n) is 6.13. The SMILES string of the molecule is CCCN(Cc1ccccc1COC)CC1CCNCC1. The zero-order valence-electron chi connectivity index (χ0n) is 13.6. The summed E-state index contributed by atoms with van der Waals surface area (Å²) in [5.41, 5.74) is 2.74. The largest absolute Gasteiger partial charge is 0.380 e. The molecule has 1 saturated heterocycles. The van der Waals surface area contributed by atoms with Crippen LogP contribution in [0.2, 0.25) is 0 Å². The molecule has 1 aliphatic rings. The maximum Gasteiger partial charge on any atom is 0.0716 e. The predicted octanol–water partition coefficient (Wildman–Crippen LogP) is 3.04. The van der Waals surface area contributed by atoms with Crippen LogP contribution in [-0.4, -0.2) is 38.2 Å². The van der Waals surface area contributed by atoms with Crippen molar-refractivity contribution < 1.29 is 4.74 Å². The first-order valence-electron chi connectivity index (χ1n) is 8.32. The monoisotopic (exact) mass is 290 g/mol. The lowest BCUT2D eigenvalue weighted by Gasteiger charge is -2.30. The van der Waals surface area contributed by atoms with E-state index in [1.165, 1.54) is 56.6 Å². The van der Waals surface area contributed by atoms with Crippen molar-refractivity contribution in [3.63, 3.8) is 0 Å². The van der Waals surface area contributed by atoms with Gasteiger partial charge in [0.05, 0.1) is 6.61 Å².